The van der Waals surface area contributed by atoms with Gasteiger partial charge in [-0.25, -0.2) is 22.5 Å². The molecule has 3 aromatic rings. The van der Waals surface area contributed by atoms with E-state index in [0.717, 1.165) is 6.07 Å². The summed E-state index contributed by atoms with van der Waals surface area (Å²) in [5.41, 5.74) is 0.382. The molecular weight excluding hydrogens is 350 g/mol. The number of nitrogens with one attached hydrogen (secondary N) is 2. The molecule has 0 aliphatic heterocycles. The van der Waals surface area contributed by atoms with E-state index in [1.807, 2.05) is 0 Å². The molecular formula is C18H11F4N3O. The summed E-state index contributed by atoms with van der Waals surface area (Å²) in [5.74, 6) is -5.99. The summed E-state index contributed by atoms with van der Waals surface area (Å²) >= 11 is 0. The summed E-state index contributed by atoms with van der Waals surface area (Å²) < 4.78 is 52.9. The van der Waals surface area contributed by atoms with Crippen molar-refractivity contribution in [1.29, 1.82) is 0 Å². The number of rotatable bonds is 4. The molecule has 0 spiro atoms. The van der Waals surface area contributed by atoms with Crippen molar-refractivity contribution in [3.63, 3.8) is 0 Å². The molecule has 132 valence electrons. The lowest BCUT2D eigenvalue weighted by molar-refractivity contribution is 0.102. The molecule has 0 aliphatic rings. The molecule has 0 aliphatic carbocycles. The zero-order valence-corrected chi connectivity index (χ0v) is 13.1. The number of hydrogen-bond donors (Lipinski definition) is 2. The SMILES string of the molecule is O=C(Nc1ccc(Nc2cccc(F)c2)cn1)c1ccc(F)c(F)c1F. The van der Waals surface area contributed by atoms with Gasteiger partial charge in [0.2, 0.25) is 0 Å². The molecule has 1 amide bonds. The number of benzene rings is 2. The molecule has 8 heteroatoms. The molecule has 3 rings (SSSR count). The topological polar surface area (TPSA) is 54.0 Å². The highest BCUT2D eigenvalue weighted by atomic mass is 19.2. The zero-order chi connectivity index (χ0) is 18.7. The molecule has 0 bridgehead atoms. The van der Waals surface area contributed by atoms with Crippen LogP contribution in [0.25, 0.3) is 0 Å². The van der Waals surface area contributed by atoms with Crippen molar-refractivity contribution in [3.8, 4) is 0 Å². The average Bonchev–Trinajstić information content (AvgIpc) is 2.61. The Hall–Kier alpha value is -3.42. The van der Waals surface area contributed by atoms with E-state index in [4.69, 9.17) is 0 Å². The first kappa shape index (κ1) is 17.4. The van der Waals surface area contributed by atoms with Crippen molar-refractivity contribution in [2.45, 2.75) is 0 Å². The van der Waals surface area contributed by atoms with Gasteiger partial charge in [-0.05, 0) is 42.5 Å². The highest BCUT2D eigenvalue weighted by Crippen LogP contribution is 2.19. The van der Waals surface area contributed by atoms with E-state index in [-0.39, 0.29) is 5.82 Å². The average molecular weight is 361 g/mol. The fraction of sp³-hybridized carbons (Fsp3) is 0. The lowest BCUT2D eigenvalue weighted by Gasteiger charge is -2.09. The Morgan fingerprint density at radius 1 is 0.885 bits per heavy atom. The van der Waals surface area contributed by atoms with Crippen LogP contribution in [-0.2, 0) is 0 Å². The number of carbonyl (C=O) groups excluding carboxylic acids is 1. The van der Waals surface area contributed by atoms with Crippen molar-refractivity contribution in [2.24, 2.45) is 0 Å². The first-order valence-electron chi connectivity index (χ1n) is 7.37. The van der Waals surface area contributed by atoms with Gasteiger partial charge in [0.05, 0.1) is 17.4 Å². The largest absolute Gasteiger partial charge is 0.354 e. The van der Waals surface area contributed by atoms with Crippen molar-refractivity contribution in [3.05, 3.63) is 83.6 Å². The zero-order valence-electron chi connectivity index (χ0n) is 13.1. The van der Waals surface area contributed by atoms with Crippen LogP contribution in [0, 0.1) is 23.3 Å². The van der Waals surface area contributed by atoms with Gasteiger partial charge < -0.3 is 10.6 Å². The van der Waals surface area contributed by atoms with E-state index in [0.29, 0.717) is 17.4 Å². The maximum atomic E-state index is 13.6. The maximum Gasteiger partial charge on any atom is 0.259 e. The molecule has 0 saturated carbocycles. The van der Waals surface area contributed by atoms with Crippen molar-refractivity contribution in [1.82, 2.24) is 4.98 Å². The summed E-state index contributed by atoms with van der Waals surface area (Å²) in [6, 6.07) is 10.3. The molecule has 2 aromatic carbocycles. The lowest BCUT2D eigenvalue weighted by Crippen LogP contribution is -2.16. The standard InChI is InChI=1S/C18H11F4N3O/c19-10-2-1-3-11(8-10)24-12-4-7-15(23-9-12)25-18(26)13-5-6-14(20)17(22)16(13)21/h1-9,24H,(H,23,25,26). The van der Waals surface area contributed by atoms with Crippen molar-refractivity contribution >= 4 is 23.1 Å². The van der Waals surface area contributed by atoms with Crippen LogP contribution >= 0.6 is 0 Å². The quantitative estimate of drug-likeness (QED) is 0.526. The molecule has 26 heavy (non-hydrogen) atoms. The van der Waals surface area contributed by atoms with Gasteiger partial charge in [0.15, 0.2) is 17.5 Å². The Morgan fingerprint density at radius 3 is 2.38 bits per heavy atom. The number of hydrogen-bond acceptors (Lipinski definition) is 3. The highest BCUT2D eigenvalue weighted by Gasteiger charge is 2.19. The molecule has 2 N–H and O–H groups in total. The Balaban J connectivity index is 1.71. The monoisotopic (exact) mass is 361 g/mol. The van der Waals surface area contributed by atoms with Crippen LogP contribution < -0.4 is 10.6 Å². The van der Waals surface area contributed by atoms with Crippen LogP contribution in [0.3, 0.4) is 0 Å². The van der Waals surface area contributed by atoms with Gasteiger partial charge in [-0.1, -0.05) is 6.07 Å². The first-order chi connectivity index (χ1) is 12.4. The van der Waals surface area contributed by atoms with E-state index >= 15 is 0 Å². The normalized spacial score (nSPS) is 10.5. The van der Waals surface area contributed by atoms with Gasteiger partial charge in [0.25, 0.3) is 5.91 Å². The summed E-state index contributed by atoms with van der Waals surface area (Å²) in [5, 5.41) is 5.19. The Labute approximate surface area is 145 Å². The van der Waals surface area contributed by atoms with Gasteiger partial charge >= 0.3 is 0 Å². The van der Waals surface area contributed by atoms with Crippen molar-refractivity contribution < 1.29 is 22.4 Å². The highest BCUT2D eigenvalue weighted by molar-refractivity contribution is 6.04. The second kappa shape index (κ2) is 7.22. The second-order valence-corrected chi connectivity index (χ2v) is 5.24. The minimum absolute atomic E-state index is 0.0731. The third kappa shape index (κ3) is 3.80. The molecule has 1 aromatic heterocycles. The van der Waals surface area contributed by atoms with Crippen LogP contribution in [0.15, 0.2) is 54.7 Å². The number of carbonyl (C=O) groups is 1. The maximum absolute atomic E-state index is 13.6. The van der Waals surface area contributed by atoms with Crippen LogP contribution in [0.4, 0.5) is 34.8 Å². The smallest absolute Gasteiger partial charge is 0.259 e. The predicted octanol–water partition coefficient (Wildman–Crippen LogP) is 4.63. The minimum Gasteiger partial charge on any atom is -0.354 e. The number of pyridine rings is 1. The van der Waals surface area contributed by atoms with Crippen LogP contribution in [0.5, 0.6) is 0 Å². The lowest BCUT2D eigenvalue weighted by atomic mass is 10.2. The number of aromatic nitrogens is 1. The minimum atomic E-state index is -1.72. The molecule has 0 radical (unpaired) electrons. The van der Waals surface area contributed by atoms with Crippen LogP contribution in [0.1, 0.15) is 10.4 Å². The van der Waals surface area contributed by atoms with Crippen molar-refractivity contribution in [2.75, 3.05) is 10.6 Å². The Kier molecular flexibility index (Phi) is 4.83. The van der Waals surface area contributed by atoms with E-state index in [2.05, 4.69) is 15.6 Å². The van der Waals surface area contributed by atoms with E-state index < -0.39 is 34.7 Å². The molecule has 1 heterocycles. The fourth-order valence-corrected chi connectivity index (χ4v) is 2.16. The fourth-order valence-electron chi connectivity index (χ4n) is 2.16. The van der Waals surface area contributed by atoms with Crippen LogP contribution in [-0.4, -0.2) is 10.9 Å². The molecule has 0 unspecified atom stereocenters. The third-order valence-corrected chi connectivity index (χ3v) is 3.40. The number of halogens is 4. The Morgan fingerprint density at radius 2 is 1.69 bits per heavy atom. The van der Waals surface area contributed by atoms with Gasteiger partial charge in [0.1, 0.15) is 11.6 Å². The molecule has 0 saturated heterocycles. The van der Waals surface area contributed by atoms with Gasteiger partial charge in [-0.15, -0.1) is 0 Å². The number of nitrogens with zero attached hydrogens (tertiary/aromatic N) is 1. The number of amides is 1. The van der Waals surface area contributed by atoms with E-state index in [1.54, 1.807) is 12.1 Å². The molecule has 4 nitrogen and oxygen atoms in total. The second-order valence-electron chi connectivity index (χ2n) is 5.24. The predicted molar refractivity (Wildman–Crippen MR) is 88.2 cm³/mol. The van der Waals surface area contributed by atoms with E-state index in [9.17, 15) is 22.4 Å². The summed E-state index contributed by atoms with van der Waals surface area (Å²) in [6.45, 7) is 0. The van der Waals surface area contributed by atoms with Gasteiger partial charge in [0, 0.05) is 5.69 Å². The van der Waals surface area contributed by atoms with Gasteiger partial charge in [-0.2, -0.15) is 0 Å². The first-order valence-corrected chi connectivity index (χ1v) is 7.37. The van der Waals surface area contributed by atoms with E-state index in [1.165, 1.54) is 30.5 Å². The van der Waals surface area contributed by atoms with Crippen LogP contribution in [0.2, 0.25) is 0 Å². The molecule has 0 fully saturated rings. The summed E-state index contributed by atoms with van der Waals surface area (Å²) in [6.07, 6.45) is 1.36. The van der Waals surface area contributed by atoms with Gasteiger partial charge in [-0.3, -0.25) is 4.79 Å². The Bertz CT molecular complexity index is 961. The number of anilines is 3. The third-order valence-electron chi connectivity index (χ3n) is 3.40. The molecule has 0 atom stereocenters. The summed E-state index contributed by atoms with van der Waals surface area (Å²) in [7, 11) is 0. The summed E-state index contributed by atoms with van der Waals surface area (Å²) in [4.78, 5) is 15.9.